The Kier molecular flexibility index (Phi) is 2.65. The zero-order valence-electron chi connectivity index (χ0n) is 12.8. The van der Waals surface area contributed by atoms with Crippen LogP contribution in [0.4, 0.5) is 0 Å². The van der Waals surface area contributed by atoms with Crippen molar-refractivity contribution in [1.82, 2.24) is 0 Å². The third-order valence-corrected chi connectivity index (χ3v) is 5.93. The van der Waals surface area contributed by atoms with E-state index in [1.807, 2.05) is 6.92 Å². The topological polar surface area (TPSA) is 35.5 Å². The van der Waals surface area contributed by atoms with E-state index in [-0.39, 0.29) is 22.9 Å². The standard InChI is InChI=1S/C16H26O3/c1-14(2,3)16(5)18-13(17)12-10-8-6-7-9-11(10)15(12,4)19-16/h10-12H,6-9H2,1-5H3/t10-,11+,12+,15+,16-/m0/s1. The second-order valence-corrected chi connectivity index (χ2v) is 7.94. The minimum Gasteiger partial charge on any atom is -0.432 e. The monoisotopic (exact) mass is 266 g/mol. The Hall–Kier alpha value is -0.570. The highest BCUT2D eigenvalue weighted by Crippen LogP contribution is 2.62. The van der Waals surface area contributed by atoms with Crippen molar-refractivity contribution >= 4 is 5.97 Å². The Morgan fingerprint density at radius 2 is 1.79 bits per heavy atom. The van der Waals surface area contributed by atoms with Gasteiger partial charge in [-0.15, -0.1) is 0 Å². The van der Waals surface area contributed by atoms with E-state index < -0.39 is 5.79 Å². The normalized spacial score (nSPS) is 49.7. The summed E-state index contributed by atoms with van der Waals surface area (Å²) >= 11 is 0. The van der Waals surface area contributed by atoms with Crippen molar-refractivity contribution in [1.29, 1.82) is 0 Å². The van der Waals surface area contributed by atoms with Crippen molar-refractivity contribution in [3.63, 3.8) is 0 Å². The van der Waals surface area contributed by atoms with Gasteiger partial charge in [0, 0.05) is 12.3 Å². The molecule has 2 aliphatic carbocycles. The summed E-state index contributed by atoms with van der Waals surface area (Å²) in [7, 11) is 0. The summed E-state index contributed by atoms with van der Waals surface area (Å²) < 4.78 is 12.1. The average Bonchev–Trinajstić information content (AvgIpc) is 2.25. The molecule has 1 heterocycles. The van der Waals surface area contributed by atoms with Gasteiger partial charge < -0.3 is 9.47 Å². The second kappa shape index (κ2) is 3.75. The summed E-state index contributed by atoms with van der Waals surface area (Å²) in [6.07, 6.45) is 4.88. The number of fused-ring (bicyclic) bond motifs is 4. The number of rotatable bonds is 0. The minimum atomic E-state index is -0.808. The van der Waals surface area contributed by atoms with E-state index in [0.717, 1.165) is 6.42 Å². The van der Waals surface area contributed by atoms with Gasteiger partial charge in [-0.1, -0.05) is 33.6 Å². The SMILES string of the molecule is CC(C)(C)[C@@]1(C)OC(=O)[C@H]2[C@H]3CCCC[C@H]3[C@@]2(C)O1. The van der Waals surface area contributed by atoms with Gasteiger partial charge in [-0.2, -0.15) is 0 Å². The van der Waals surface area contributed by atoms with Crippen LogP contribution in [0.3, 0.4) is 0 Å². The Labute approximate surface area is 116 Å². The Morgan fingerprint density at radius 1 is 1.16 bits per heavy atom. The largest absolute Gasteiger partial charge is 0.432 e. The summed E-state index contributed by atoms with van der Waals surface area (Å²) in [6, 6.07) is 0. The van der Waals surface area contributed by atoms with Crippen LogP contribution < -0.4 is 0 Å². The van der Waals surface area contributed by atoms with Crippen LogP contribution in [0, 0.1) is 23.2 Å². The van der Waals surface area contributed by atoms with Crippen LogP contribution in [0.1, 0.15) is 60.3 Å². The van der Waals surface area contributed by atoms with Crippen molar-refractivity contribution in [2.24, 2.45) is 23.2 Å². The predicted octanol–water partition coefficient (Wildman–Crippen LogP) is 3.52. The van der Waals surface area contributed by atoms with Crippen LogP contribution in [-0.4, -0.2) is 17.4 Å². The van der Waals surface area contributed by atoms with Crippen molar-refractivity contribution in [2.75, 3.05) is 0 Å². The molecule has 19 heavy (non-hydrogen) atoms. The van der Waals surface area contributed by atoms with Crippen molar-refractivity contribution in [3.8, 4) is 0 Å². The number of ether oxygens (including phenoxy) is 2. The van der Waals surface area contributed by atoms with Crippen molar-refractivity contribution in [2.45, 2.75) is 71.7 Å². The molecule has 0 aromatic heterocycles. The number of carbonyl (C=O) groups is 1. The van der Waals surface area contributed by atoms with Crippen LogP contribution in [0.15, 0.2) is 0 Å². The highest BCUT2D eigenvalue weighted by Gasteiger charge is 2.70. The third kappa shape index (κ3) is 1.63. The van der Waals surface area contributed by atoms with E-state index in [9.17, 15) is 4.79 Å². The average molecular weight is 266 g/mol. The Balaban J connectivity index is 1.92. The molecule has 1 saturated heterocycles. The lowest BCUT2D eigenvalue weighted by Crippen LogP contribution is -2.73. The third-order valence-electron chi connectivity index (χ3n) is 5.93. The lowest BCUT2D eigenvalue weighted by Gasteiger charge is -2.66. The zero-order chi connectivity index (χ0) is 14.1. The molecular weight excluding hydrogens is 240 g/mol. The first-order valence-corrected chi connectivity index (χ1v) is 7.62. The number of esters is 1. The maximum absolute atomic E-state index is 12.5. The molecule has 3 nitrogen and oxygen atoms in total. The van der Waals surface area contributed by atoms with E-state index in [4.69, 9.17) is 9.47 Å². The van der Waals surface area contributed by atoms with E-state index in [1.165, 1.54) is 19.3 Å². The van der Waals surface area contributed by atoms with Crippen LogP contribution in [0.5, 0.6) is 0 Å². The molecule has 2 saturated carbocycles. The Bertz CT molecular complexity index is 411. The van der Waals surface area contributed by atoms with Crippen LogP contribution in [0.25, 0.3) is 0 Å². The maximum Gasteiger partial charge on any atom is 0.314 e. The van der Waals surface area contributed by atoms with Gasteiger partial charge in [0.05, 0.1) is 11.5 Å². The smallest absolute Gasteiger partial charge is 0.314 e. The van der Waals surface area contributed by atoms with Gasteiger partial charge in [0.25, 0.3) is 0 Å². The molecule has 0 aromatic carbocycles. The number of hydrogen-bond acceptors (Lipinski definition) is 3. The lowest BCUT2D eigenvalue weighted by molar-refractivity contribution is -0.391. The number of cyclic esters (lactones) is 1. The summed E-state index contributed by atoms with van der Waals surface area (Å²) in [5, 5.41) is 0. The first-order valence-electron chi connectivity index (χ1n) is 7.62. The van der Waals surface area contributed by atoms with Gasteiger partial charge in [0.15, 0.2) is 0 Å². The second-order valence-electron chi connectivity index (χ2n) is 7.94. The molecule has 0 N–H and O–H groups in total. The van der Waals surface area contributed by atoms with Gasteiger partial charge >= 0.3 is 5.97 Å². The molecule has 5 atom stereocenters. The predicted molar refractivity (Wildman–Crippen MR) is 72.4 cm³/mol. The van der Waals surface area contributed by atoms with E-state index in [2.05, 4.69) is 27.7 Å². The molecule has 108 valence electrons. The lowest BCUT2D eigenvalue weighted by atomic mass is 9.49. The molecule has 0 bridgehead atoms. The molecular formula is C16H26O3. The van der Waals surface area contributed by atoms with Crippen molar-refractivity contribution in [3.05, 3.63) is 0 Å². The first-order chi connectivity index (χ1) is 8.69. The summed E-state index contributed by atoms with van der Waals surface area (Å²) in [5.74, 6) is 0.164. The minimum absolute atomic E-state index is 0.0330. The number of hydrogen-bond donors (Lipinski definition) is 0. The first kappa shape index (κ1) is 13.4. The zero-order valence-corrected chi connectivity index (χ0v) is 12.8. The highest BCUT2D eigenvalue weighted by molar-refractivity contribution is 5.77. The fourth-order valence-corrected chi connectivity index (χ4v) is 4.36. The number of carbonyl (C=O) groups excluding carboxylic acids is 1. The molecule has 3 aliphatic rings. The summed E-state index contributed by atoms with van der Waals surface area (Å²) in [6.45, 7) is 10.3. The fourth-order valence-electron chi connectivity index (χ4n) is 4.36. The molecule has 0 radical (unpaired) electrons. The van der Waals surface area contributed by atoms with Crippen LogP contribution >= 0.6 is 0 Å². The molecule has 3 heteroatoms. The summed E-state index contributed by atoms with van der Waals surface area (Å²) in [5.41, 5.74) is -0.515. The molecule has 0 unspecified atom stereocenters. The van der Waals surface area contributed by atoms with Crippen molar-refractivity contribution < 1.29 is 14.3 Å². The molecule has 0 spiro atoms. The van der Waals surface area contributed by atoms with E-state index in [0.29, 0.717) is 11.8 Å². The maximum atomic E-state index is 12.5. The van der Waals surface area contributed by atoms with Gasteiger partial charge in [0.2, 0.25) is 5.79 Å². The molecule has 0 amide bonds. The fraction of sp³-hybridized carbons (Fsp3) is 0.938. The molecule has 1 aliphatic heterocycles. The van der Waals surface area contributed by atoms with Gasteiger partial charge in [-0.25, -0.2) is 0 Å². The molecule has 3 fully saturated rings. The molecule has 0 aromatic rings. The van der Waals surface area contributed by atoms with E-state index in [1.54, 1.807) is 0 Å². The highest BCUT2D eigenvalue weighted by atomic mass is 16.7. The van der Waals surface area contributed by atoms with E-state index >= 15 is 0 Å². The van der Waals surface area contributed by atoms with Crippen LogP contribution in [0.2, 0.25) is 0 Å². The quantitative estimate of drug-likeness (QED) is 0.629. The summed E-state index contributed by atoms with van der Waals surface area (Å²) in [4.78, 5) is 12.5. The Morgan fingerprint density at radius 3 is 2.42 bits per heavy atom. The molecule has 3 rings (SSSR count). The van der Waals surface area contributed by atoms with Gasteiger partial charge in [0.1, 0.15) is 0 Å². The van der Waals surface area contributed by atoms with Gasteiger partial charge in [-0.3, -0.25) is 4.79 Å². The van der Waals surface area contributed by atoms with Crippen LogP contribution in [-0.2, 0) is 14.3 Å². The van der Waals surface area contributed by atoms with Gasteiger partial charge in [-0.05, 0) is 31.6 Å².